The van der Waals surface area contributed by atoms with Gasteiger partial charge in [-0.05, 0) is 24.3 Å². The molecule has 0 atom stereocenters. The minimum absolute atomic E-state index is 0.188. The first-order valence-electron chi connectivity index (χ1n) is 5.34. The first-order chi connectivity index (χ1) is 9.75. The van der Waals surface area contributed by atoms with Crippen LogP contribution in [0.15, 0.2) is 35.4 Å². The largest absolute Gasteiger partial charge is 0.478 e. The zero-order valence-electron chi connectivity index (χ0n) is 10.1. The van der Waals surface area contributed by atoms with Crippen LogP contribution in [0.1, 0.15) is 10.4 Å². The van der Waals surface area contributed by atoms with E-state index in [1.807, 2.05) is 0 Å². The lowest BCUT2D eigenvalue weighted by atomic mass is 10.3. The van der Waals surface area contributed by atoms with Gasteiger partial charge in [0.15, 0.2) is 0 Å². The summed E-state index contributed by atoms with van der Waals surface area (Å²) in [6, 6.07) is 4.32. The number of carbonyl (C=O) groups is 1. The van der Waals surface area contributed by atoms with Crippen molar-refractivity contribution in [1.82, 2.24) is 9.78 Å². The molecule has 1 aromatic heterocycles. The van der Waals surface area contributed by atoms with Crippen molar-refractivity contribution in [3.05, 3.63) is 41.2 Å². The number of sulfone groups is 1. The standard InChI is InChI=1S/C11H7ClF2N2O4S/c12-9-8(10(17)18)5-15-16(9)6-1-3-7(4-2-6)21(19,20)11(13)14/h1-5,11H,(H,17,18). The van der Waals surface area contributed by atoms with E-state index < -0.39 is 26.5 Å². The maximum absolute atomic E-state index is 12.4. The van der Waals surface area contributed by atoms with E-state index in [4.69, 9.17) is 16.7 Å². The summed E-state index contributed by atoms with van der Waals surface area (Å²) in [6.45, 7) is 0. The molecule has 0 amide bonds. The number of carboxylic acids is 1. The van der Waals surface area contributed by atoms with E-state index in [-0.39, 0.29) is 16.4 Å². The third-order valence-electron chi connectivity index (χ3n) is 2.59. The third-order valence-corrected chi connectivity index (χ3v) is 4.35. The molecule has 1 N–H and O–H groups in total. The lowest BCUT2D eigenvalue weighted by Gasteiger charge is -2.06. The molecule has 0 aliphatic carbocycles. The highest BCUT2D eigenvalue weighted by Crippen LogP contribution is 2.23. The summed E-state index contributed by atoms with van der Waals surface area (Å²) in [4.78, 5) is 10.3. The highest BCUT2D eigenvalue weighted by atomic mass is 35.5. The first kappa shape index (κ1) is 15.4. The molecule has 0 bridgehead atoms. The van der Waals surface area contributed by atoms with Crippen LogP contribution in [0.5, 0.6) is 0 Å². The van der Waals surface area contributed by atoms with Crippen LogP contribution in [-0.4, -0.2) is 35.0 Å². The molecule has 0 radical (unpaired) electrons. The van der Waals surface area contributed by atoms with Crippen LogP contribution >= 0.6 is 11.6 Å². The minimum atomic E-state index is -4.68. The van der Waals surface area contributed by atoms with Gasteiger partial charge in [0.1, 0.15) is 10.7 Å². The van der Waals surface area contributed by atoms with Crippen LogP contribution in [-0.2, 0) is 9.84 Å². The molecular weight excluding hydrogens is 330 g/mol. The van der Waals surface area contributed by atoms with Gasteiger partial charge < -0.3 is 5.11 Å². The summed E-state index contributed by atoms with van der Waals surface area (Å²) < 4.78 is 48.3. The Bertz CT molecular complexity index is 787. The number of aromatic carboxylic acids is 1. The zero-order chi connectivity index (χ0) is 15.8. The van der Waals surface area contributed by atoms with Gasteiger partial charge in [0, 0.05) is 0 Å². The number of hydrogen-bond acceptors (Lipinski definition) is 4. The van der Waals surface area contributed by atoms with Gasteiger partial charge >= 0.3 is 11.7 Å². The number of hydrogen-bond donors (Lipinski definition) is 1. The monoisotopic (exact) mass is 336 g/mol. The topological polar surface area (TPSA) is 89.3 Å². The highest BCUT2D eigenvalue weighted by molar-refractivity contribution is 7.91. The van der Waals surface area contributed by atoms with Gasteiger partial charge in [-0.1, -0.05) is 11.6 Å². The summed E-state index contributed by atoms with van der Waals surface area (Å²) in [7, 11) is -4.68. The van der Waals surface area contributed by atoms with Crippen molar-refractivity contribution in [2.45, 2.75) is 10.7 Å². The smallest absolute Gasteiger partial charge is 0.341 e. The van der Waals surface area contributed by atoms with Crippen LogP contribution in [0.2, 0.25) is 5.15 Å². The highest BCUT2D eigenvalue weighted by Gasteiger charge is 2.26. The quantitative estimate of drug-likeness (QED) is 0.924. The lowest BCUT2D eigenvalue weighted by molar-refractivity contribution is 0.0697. The van der Waals surface area contributed by atoms with Crippen molar-refractivity contribution in [3.8, 4) is 5.69 Å². The molecule has 0 unspecified atom stereocenters. The molecule has 1 aromatic carbocycles. The number of benzene rings is 1. The fourth-order valence-electron chi connectivity index (χ4n) is 1.54. The van der Waals surface area contributed by atoms with Crippen molar-refractivity contribution in [2.75, 3.05) is 0 Å². The van der Waals surface area contributed by atoms with E-state index in [0.29, 0.717) is 0 Å². The summed E-state index contributed by atoms with van der Waals surface area (Å²) >= 11 is 5.82. The van der Waals surface area contributed by atoms with Gasteiger partial charge in [0.05, 0.1) is 16.8 Å². The molecule has 0 aliphatic rings. The number of rotatable bonds is 4. The second kappa shape index (κ2) is 5.41. The van der Waals surface area contributed by atoms with E-state index in [1.165, 1.54) is 12.1 Å². The molecule has 0 fully saturated rings. The Hall–Kier alpha value is -2.00. The fraction of sp³-hybridized carbons (Fsp3) is 0.0909. The summed E-state index contributed by atoms with van der Waals surface area (Å²) in [5, 5.41) is 12.4. The van der Waals surface area contributed by atoms with Crippen molar-refractivity contribution in [3.63, 3.8) is 0 Å². The second-order valence-corrected chi connectivity index (χ2v) is 6.14. The van der Waals surface area contributed by atoms with Gasteiger partial charge in [0.25, 0.3) is 0 Å². The van der Waals surface area contributed by atoms with Crippen LogP contribution in [0.3, 0.4) is 0 Å². The zero-order valence-corrected chi connectivity index (χ0v) is 11.6. The first-order valence-corrected chi connectivity index (χ1v) is 7.27. The van der Waals surface area contributed by atoms with E-state index in [9.17, 15) is 22.0 Å². The molecule has 2 rings (SSSR count). The molecule has 10 heteroatoms. The third kappa shape index (κ3) is 2.74. The molecule has 0 saturated carbocycles. The van der Waals surface area contributed by atoms with Gasteiger partial charge in [0.2, 0.25) is 9.84 Å². The van der Waals surface area contributed by atoms with Gasteiger partial charge in [-0.25, -0.2) is 17.9 Å². The molecule has 0 aliphatic heterocycles. The Labute approximate surface area is 122 Å². The van der Waals surface area contributed by atoms with Gasteiger partial charge in [-0.3, -0.25) is 0 Å². The minimum Gasteiger partial charge on any atom is -0.478 e. The fourth-order valence-corrected chi connectivity index (χ4v) is 2.53. The van der Waals surface area contributed by atoms with E-state index >= 15 is 0 Å². The van der Waals surface area contributed by atoms with Crippen LogP contribution in [0.25, 0.3) is 5.69 Å². The second-order valence-electron chi connectivity index (χ2n) is 3.87. The lowest BCUT2D eigenvalue weighted by Crippen LogP contribution is -2.11. The number of alkyl halides is 2. The Morgan fingerprint density at radius 2 is 1.86 bits per heavy atom. The average Bonchev–Trinajstić information content (AvgIpc) is 2.80. The summed E-state index contributed by atoms with van der Waals surface area (Å²) in [6.07, 6.45) is 1.02. The molecule has 2 aromatic rings. The number of aromatic nitrogens is 2. The molecule has 0 saturated heterocycles. The van der Waals surface area contributed by atoms with Crippen LogP contribution in [0.4, 0.5) is 8.78 Å². The predicted molar refractivity (Wildman–Crippen MR) is 68.7 cm³/mol. The number of nitrogens with zero attached hydrogens (tertiary/aromatic N) is 2. The van der Waals surface area contributed by atoms with Crippen LogP contribution in [0, 0.1) is 0 Å². The van der Waals surface area contributed by atoms with Crippen LogP contribution < -0.4 is 0 Å². The SMILES string of the molecule is O=C(O)c1cnn(-c2ccc(S(=O)(=O)C(F)F)cc2)c1Cl. The average molecular weight is 337 g/mol. The Morgan fingerprint density at radius 1 is 1.29 bits per heavy atom. The number of halogens is 3. The van der Waals surface area contributed by atoms with E-state index in [1.54, 1.807) is 0 Å². The van der Waals surface area contributed by atoms with E-state index in [2.05, 4.69) is 5.10 Å². The Morgan fingerprint density at radius 3 is 2.29 bits per heavy atom. The van der Waals surface area contributed by atoms with Crippen molar-refractivity contribution in [1.29, 1.82) is 0 Å². The van der Waals surface area contributed by atoms with Crippen molar-refractivity contribution in [2.24, 2.45) is 0 Å². The molecule has 0 spiro atoms. The maximum Gasteiger partial charge on any atom is 0.341 e. The molecule has 1 heterocycles. The Balaban J connectivity index is 2.43. The molecule has 6 nitrogen and oxygen atoms in total. The van der Waals surface area contributed by atoms with E-state index in [0.717, 1.165) is 23.0 Å². The normalized spacial score (nSPS) is 11.8. The van der Waals surface area contributed by atoms with Crippen molar-refractivity contribution >= 4 is 27.4 Å². The predicted octanol–water partition coefficient (Wildman–Crippen LogP) is 2.22. The Kier molecular flexibility index (Phi) is 3.97. The summed E-state index contributed by atoms with van der Waals surface area (Å²) in [5.74, 6) is -4.79. The molecular formula is C11H7ClF2N2O4S. The van der Waals surface area contributed by atoms with Crippen molar-refractivity contribution < 1.29 is 27.1 Å². The maximum atomic E-state index is 12.4. The van der Waals surface area contributed by atoms with Gasteiger partial charge in [-0.15, -0.1) is 0 Å². The molecule has 112 valence electrons. The molecule has 21 heavy (non-hydrogen) atoms. The summed E-state index contributed by atoms with van der Waals surface area (Å²) in [5.41, 5.74) is 0.00154. The number of carboxylic acid groups (broad SMARTS) is 1. The van der Waals surface area contributed by atoms with Gasteiger partial charge in [-0.2, -0.15) is 13.9 Å².